The summed E-state index contributed by atoms with van der Waals surface area (Å²) in [5.41, 5.74) is 0. The van der Waals surface area contributed by atoms with Gasteiger partial charge in [-0.05, 0) is 17.4 Å². The van der Waals surface area contributed by atoms with Crippen LogP contribution in [-0.4, -0.2) is 29.2 Å². The minimum Gasteiger partial charge on any atom is -0.348 e. The van der Waals surface area contributed by atoms with Crippen molar-refractivity contribution in [2.45, 2.75) is 39.2 Å². The van der Waals surface area contributed by atoms with Crippen LogP contribution < -0.4 is 5.32 Å². The third-order valence-corrected chi connectivity index (χ3v) is 4.51. The van der Waals surface area contributed by atoms with Gasteiger partial charge in [0.05, 0.1) is 6.04 Å². The molecule has 1 atom stereocenters. The van der Waals surface area contributed by atoms with E-state index in [1.54, 1.807) is 11.3 Å². The Morgan fingerprint density at radius 1 is 1.33 bits per heavy atom. The molecule has 0 unspecified atom stereocenters. The van der Waals surface area contributed by atoms with Gasteiger partial charge >= 0.3 is 0 Å². The van der Waals surface area contributed by atoms with Gasteiger partial charge in [-0.25, -0.2) is 0 Å². The number of rotatable bonds is 6. The van der Waals surface area contributed by atoms with Gasteiger partial charge in [0.1, 0.15) is 0 Å². The van der Waals surface area contributed by atoms with E-state index in [4.69, 9.17) is 0 Å². The molecule has 2 rings (SSSR count). The van der Waals surface area contributed by atoms with Crippen LogP contribution in [0, 0.1) is 5.92 Å². The molecular weight excluding hydrogens is 288 g/mol. The van der Waals surface area contributed by atoms with Crippen LogP contribution in [0.15, 0.2) is 17.5 Å². The van der Waals surface area contributed by atoms with E-state index >= 15 is 0 Å². The van der Waals surface area contributed by atoms with Crippen LogP contribution in [0.5, 0.6) is 0 Å². The fourth-order valence-corrected chi connectivity index (χ4v) is 3.31. The fourth-order valence-electron chi connectivity index (χ4n) is 2.37. The Bertz CT molecular complexity index is 509. The molecule has 1 aromatic rings. The molecule has 5 nitrogen and oxygen atoms in total. The Balaban J connectivity index is 1.88. The maximum absolute atomic E-state index is 12.1. The maximum Gasteiger partial charge on any atom is 0.229 e. The number of carbonyl (C=O) groups excluding carboxylic acids is 3. The first-order valence-electron chi connectivity index (χ1n) is 7.15. The van der Waals surface area contributed by atoms with Gasteiger partial charge in [-0.3, -0.25) is 19.3 Å². The average molecular weight is 308 g/mol. The van der Waals surface area contributed by atoms with E-state index in [9.17, 15) is 14.4 Å². The molecule has 0 saturated carbocycles. The second-order valence-corrected chi connectivity index (χ2v) is 6.47. The van der Waals surface area contributed by atoms with Gasteiger partial charge in [0.25, 0.3) is 0 Å². The van der Waals surface area contributed by atoms with Crippen LogP contribution in [-0.2, 0) is 14.4 Å². The van der Waals surface area contributed by atoms with Crippen molar-refractivity contribution in [3.8, 4) is 0 Å². The van der Waals surface area contributed by atoms with Crippen LogP contribution in [0.25, 0.3) is 0 Å². The molecule has 114 valence electrons. The van der Waals surface area contributed by atoms with E-state index < -0.39 is 0 Å². The molecule has 1 aliphatic rings. The molecule has 0 bridgehead atoms. The van der Waals surface area contributed by atoms with Gasteiger partial charge < -0.3 is 5.32 Å². The summed E-state index contributed by atoms with van der Waals surface area (Å²) >= 11 is 1.61. The topological polar surface area (TPSA) is 66.5 Å². The smallest absolute Gasteiger partial charge is 0.229 e. The zero-order valence-electron chi connectivity index (χ0n) is 12.3. The fraction of sp³-hybridized carbons (Fsp3) is 0.533. The molecule has 0 aliphatic carbocycles. The van der Waals surface area contributed by atoms with E-state index in [0.29, 0.717) is 0 Å². The molecule has 1 saturated heterocycles. The Labute approximate surface area is 128 Å². The van der Waals surface area contributed by atoms with E-state index in [1.165, 1.54) is 4.90 Å². The number of carbonyl (C=O) groups is 3. The molecule has 0 spiro atoms. The molecule has 6 heteroatoms. The quantitative estimate of drug-likeness (QED) is 0.818. The highest BCUT2D eigenvalue weighted by atomic mass is 32.1. The van der Waals surface area contributed by atoms with Crippen molar-refractivity contribution in [3.63, 3.8) is 0 Å². The van der Waals surface area contributed by atoms with E-state index in [2.05, 4.69) is 19.2 Å². The molecule has 3 amide bonds. The van der Waals surface area contributed by atoms with Crippen molar-refractivity contribution in [1.29, 1.82) is 0 Å². The predicted octanol–water partition coefficient (Wildman–Crippen LogP) is 2.10. The first-order valence-corrected chi connectivity index (χ1v) is 8.03. The van der Waals surface area contributed by atoms with Crippen molar-refractivity contribution < 1.29 is 14.4 Å². The Morgan fingerprint density at radius 3 is 2.52 bits per heavy atom. The number of imide groups is 1. The molecule has 1 N–H and O–H groups in total. The lowest BCUT2D eigenvalue weighted by atomic mass is 10.0. The molecular formula is C15H20N2O3S. The van der Waals surface area contributed by atoms with Crippen LogP contribution in [0.4, 0.5) is 0 Å². The normalized spacial score (nSPS) is 16.6. The van der Waals surface area contributed by atoms with Crippen molar-refractivity contribution in [2.24, 2.45) is 5.92 Å². The second-order valence-electron chi connectivity index (χ2n) is 5.49. The third-order valence-electron chi connectivity index (χ3n) is 3.55. The zero-order valence-corrected chi connectivity index (χ0v) is 13.1. The highest BCUT2D eigenvalue weighted by Gasteiger charge is 2.29. The predicted molar refractivity (Wildman–Crippen MR) is 80.6 cm³/mol. The molecule has 1 fully saturated rings. The number of nitrogens with one attached hydrogen (secondary N) is 1. The monoisotopic (exact) mass is 308 g/mol. The minimum absolute atomic E-state index is 0.0255. The average Bonchev–Trinajstić information content (AvgIpc) is 3.05. The molecule has 1 aromatic heterocycles. The van der Waals surface area contributed by atoms with Crippen molar-refractivity contribution in [3.05, 3.63) is 22.4 Å². The summed E-state index contributed by atoms with van der Waals surface area (Å²) in [6.45, 7) is 4.29. The SMILES string of the molecule is CC(C)[C@@H](NC(=O)CCN1C(=O)CCC1=O)c1cccs1. The number of hydrogen-bond donors (Lipinski definition) is 1. The summed E-state index contributed by atoms with van der Waals surface area (Å²) in [4.78, 5) is 37.4. The van der Waals surface area contributed by atoms with E-state index in [-0.39, 0.29) is 55.5 Å². The molecule has 0 aromatic carbocycles. The molecule has 21 heavy (non-hydrogen) atoms. The number of likely N-dealkylation sites (tertiary alicyclic amines) is 1. The summed E-state index contributed by atoms with van der Waals surface area (Å²) in [5.74, 6) is -0.199. The molecule has 0 radical (unpaired) electrons. The van der Waals surface area contributed by atoms with Gasteiger partial charge in [-0.15, -0.1) is 11.3 Å². The minimum atomic E-state index is -0.175. The summed E-state index contributed by atoms with van der Waals surface area (Å²) in [5, 5.41) is 4.98. The van der Waals surface area contributed by atoms with Crippen LogP contribution in [0.3, 0.4) is 0 Å². The van der Waals surface area contributed by atoms with Gasteiger partial charge in [-0.2, -0.15) is 0 Å². The first-order chi connectivity index (χ1) is 9.99. The van der Waals surface area contributed by atoms with Gasteiger partial charge in [-0.1, -0.05) is 19.9 Å². The number of hydrogen-bond acceptors (Lipinski definition) is 4. The second kappa shape index (κ2) is 6.85. The lowest BCUT2D eigenvalue weighted by molar-refractivity contribution is -0.138. The Hall–Kier alpha value is -1.69. The molecule has 1 aliphatic heterocycles. The van der Waals surface area contributed by atoms with Crippen LogP contribution in [0.1, 0.15) is 44.0 Å². The van der Waals surface area contributed by atoms with Crippen molar-refractivity contribution in [2.75, 3.05) is 6.54 Å². The van der Waals surface area contributed by atoms with Crippen molar-refractivity contribution in [1.82, 2.24) is 10.2 Å². The zero-order chi connectivity index (χ0) is 15.4. The van der Waals surface area contributed by atoms with E-state index in [1.807, 2.05) is 17.5 Å². The van der Waals surface area contributed by atoms with E-state index in [0.717, 1.165) is 4.88 Å². The third kappa shape index (κ3) is 3.91. The number of thiophene rings is 1. The number of amides is 3. The standard InChI is InChI=1S/C15H20N2O3S/c1-10(2)15(11-4-3-9-21-11)16-12(18)7-8-17-13(19)5-6-14(17)20/h3-4,9-10,15H,5-8H2,1-2H3,(H,16,18)/t15-/m1/s1. The lowest BCUT2D eigenvalue weighted by Crippen LogP contribution is -2.36. The van der Waals surface area contributed by atoms with Crippen LogP contribution >= 0.6 is 11.3 Å². The molecule has 2 heterocycles. The highest BCUT2D eigenvalue weighted by Crippen LogP contribution is 2.25. The highest BCUT2D eigenvalue weighted by molar-refractivity contribution is 7.10. The lowest BCUT2D eigenvalue weighted by Gasteiger charge is -2.22. The van der Waals surface area contributed by atoms with Crippen molar-refractivity contribution >= 4 is 29.1 Å². The summed E-state index contributed by atoms with van der Waals surface area (Å²) in [7, 11) is 0. The summed E-state index contributed by atoms with van der Waals surface area (Å²) in [6.07, 6.45) is 0.695. The summed E-state index contributed by atoms with van der Waals surface area (Å²) in [6, 6.07) is 3.94. The van der Waals surface area contributed by atoms with Crippen LogP contribution in [0.2, 0.25) is 0 Å². The Morgan fingerprint density at radius 2 is 2.00 bits per heavy atom. The summed E-state index contributed by atoms with van der Waals surface area (Å²) < 4.78 is 0. The number of nitrogens with zero attached hydrogens (tertiary/aromatic N) is 1. The Kier molecular flexibility index (Phi) is 5.12. The maximum atomic E-state index is 12.1. The largest absolute Gasteiger partial charge is 0.348 e. The van der Waals surface area contributed by atoms with Gasteiger partial charge in [0.2, 0.25) is 17.7 Å². The van der Waals surface area contributed by atoms with Gasteiger partial charge in [0, 0.05) is 30.7 Å². The first kappa shape index (κ1) is 15.7. The van der Waals surface area contributed by atoms with Gasteiger partial charge in [0.15, 0.2) is 0 Å².